The smallest absolute Gasteiger partial charge is 0.296 e. The number of thiazole rings is 1. The van der Waals surface area contributed by atoms with Gasteiger partial charge in [-0.1, -0.05) is 0 Å². The Labute approximate surface area is 79.2 Å². The first kappa shape index (κ1) is 11.7. The number of nitrogens with two attached hydrogens (primary N) is 1. The molecule has 6 heteroatoms. The fourth-order valence-electron chi connectivity index (χ4n) is 0.605. The number of hydrogen-bond donors (Lipinski definition) is 1. The quantitative estimate of drug-likeness (QED) is 0.819. The first-order chi connectivity index (χ1) is 5.04. The van der Waals surface area contributed by atoms with Crippen molar-refractivity contribution in [3.8, 4) is 0 Å². The summed E-state index contributed by atoms with van der Waals surface area (Å²) >= 11 is 0.954. The summed E-state index contributed by atoms with van der Waals surface area (Å²) in [5.41, 5.74) is 5.23. The third-order valence-corrected chi connectivity index (χ3v) is 2.32. The fourth-order valence-corrected chi connectivity index (χ4v) is 1.33. The molecule has 1 rings (SSSR count). The van der Waals surface area contributed by atoms with E-state index in [0.717, 1.165) is 18.3 Å². The highest BCUT2D eigenvalue weighted by molar-refractivity contribution is 7.11. The highest BCUT2D eigenvalue weighted by atomic mass is 35.5. The molecule has 0 fully saturated rings. The monoisotopic (exact) mass is 214 g/mol. The number of alkyl halides is 2. The Bertz CT molecular complexity index is 246. The van der Waals surface area contributed by atoms with Gasteiger partial charge in [0.25, 0.3) is 5.92 Å². The molecule has 12 heavy (non-hydrogen) atoms. The summed E-state index contributed by atoms with van der Waals surface area (Å²) in [4.78, 5) is 4.23. The maximum absolute atomic E-state index is 12.5. The Hall–Kier alpha value is -0.260. The number of aromatic nitrogens is 1. The molecule has 2 N–H and O–H groups in total. The molecule has 0 spiro atoms. The standard InChI is InChI=1S/C6H8F2N2S.ClH/c1-6(7,8)5-10-3-4(2-9)11-5;/h3H,2,9H2,1H3;1H. The van der Waals surface area contributed by atoms with Crippen molar-refractivity contribution in [2.45, 2.75) is 19.4 Å². The van der Waals surface area contributed by atoms with Crippen LogP contribution in [0.4, 0.5) is 8.78 Å². The second-order valence-corrected chi connectivity index (χ2v) is 3.34. The zero-order valence-corrected chi connectivity index (χ0v) is 8.01. The molecule has 70 valence electrons. The summed E-state index contributed by atoms with van der Waals surface area (Å²) in [5.74, 6) is -2.84. The molecule has 0 atom stereocenters. The average Bonchev–Trinajstić information content (AvgIpc) is 2.32. The molecule has 0 amide bonds. The third-order valence-electron chi connectivity index (χ3n) is 1.13. The van der Waals surface area contributed by atoms with Crippen LogP contribution in [0.15, 0.2) is 6.20 Å². The van der Waals surface area contributed by atoms with Gasteiger partial charge in [-0.05, 0) is 0 Å². The van der Waals surface area contributed by atoms with Crippen LogP contribution in [0, 0.1) is 0 Å². The molecule has 1 aromatic heterocycles. The fraction of sp³-hybridized carbons (Fsp3) is 0.500. The summed E-state index contributed by atoms with van der Waals surface area (Å²) in [6, 6.07) is 0. The van der Waals surface area contributed by atoms with Gasteiger partial charge in [0, 0.05) is 24.5 Å². The summed E-state index contributed by atoms with van der Waals surface area (Å²) in [5, 5.41) is -0.169. The van der Waals surface area contributed by atoms with Crippen LogP contribution >= 0.6 is 23.7 Å². The van der Waals surface area contributed by atoms with E-state index in [-0.39, 0.29) is 24.0 Å². The lowest BCUT2D eigenvalue weighted by molar-refractivity contribution is 0.0172. The van der Waals surface area contributed by atoms with Gasteiger partial charge in [-0.25, -0.2) is 4.98 Å². The van der Waals surface area contributed by atoms with Crippen molar-refractivity contribution in [3.05, 3.63) is 16.1 Å². The summed E-state index contributed by atoms with van der Waals surface area (Å²) in [6.45, 7) is 1.10. The number of nitrogens with zero attached hydrogens (tertiary/aromatic N) is 1. The van der Waals surface area contributed by atoms with Crippen molar-refractivity contribution in [2.24, 2.45) is 5.73 Å². The summed E-state index contributed by atoms with van der Waals surface area (Å²) in [7, 11) is 0. The minimum Gasteiger partial charge on any atom is -0.326 e. The molecular weight excluding hydrogens is 206 g/mol. The molecule has 0 saturated heterocycles. The first-order valence-corrected chi connectivity index (χ1v) is 3.88. The Kier molecular flexibility index (Phi) is 4.02. The maximum Gasteiger partial charge on any atom is 0.296 e. The maximum atomic E-state index is 12.5. The van der Waals surface area contributed by atoms with E-state index in [1.165, 1.54) is 6.20 Å². The predicted octanol–water partition coefficient (Wildman–Crippen LogP) is 2.14. The molecule has 0 unspecified atom stereocenters. The van der Waals surface area contributed by atoms with E-state index >= 15 is 0 Å². The van der Waals surface area contributed by atoms with Crippen molar-refractivity contribution in [1.82, 2.24) is 4.98 Å². The molecule has 0 radical (unpaired) electrons. The highest BCUT2D eigenvalue weighted by Crippen LogP contribution is 2.30. The van der Waals surface area contributed by atoms with E-state index in [0.29, 0.717) is 4.88 Å². The lowest BCUT2D eigenvalue weighted by Crippen LogP contribution is -2.05. The van der Waals surface area contributed by atoms with Gasteiger partial charge >= 0.3 is 0 Å². The van der Waals surface area contributed by atoms with Crippen LogP contribution in [0.2, 0.25) is 0 Å². The van der Waals surface area contributed by atoms with Gasteiger partial charge < -0.3 is 5.73 Å². The molecule has 0 saturated carbocycles. The van der Waals surface area contributed by atoms with Gasteiger partial charge in [-0.15, -0.1) is 23.7 Å². The van der Waals surface area contributed by atoms with Gasteiger partial charge in [0.1, 0.15) is 0 Å². The summed E-state index contributed by atoms with van der Waals surface area (Å²) in [6.07, 6.45) is 1.39. The van der Waals surface area contributed by atoms with Gasteiger partial charge in [-0.2, -0.15) is 8.78 Å². The van der Waals surface area contributed by atoms with Crippen molar-refractivity contribution < 1.29 is 8.78 Å². The molecule has 2 nitrogen and oxygen atoms in total. The Balaban J connectivity index is 0.00000121. The summed E-state index contributed by atoms with van der Waals surface area (Å²) < 4.78 is 25.0. The zero-order chi connectivity index (χ0) is 8.48. The third kappa shape index (κ3) is 2.66. The van der Waals surface area contributed by atoms with E-state index < -0.39 is 5.92 Å². The second kappa shape index (κ2) is 4.11. The first-order valence-electron chi connectivity index (χ1n) is 3.07. The van der Waals surface area contributed by atoms with Crippen molar-refractivity contribution in [3.63, 3.8) is 0 Å². The van der Waals surface area contributed by atoms with Crippen LogP contribution in [0.3, 0.4) is 0 Å². The largest absolute Gasteiger partial charge is 0.326 e. The number of halogens is 3. The van der Waals surface area contributed by atoms with E-state index in [2.05, 4.69) is 4.98 Å². The van der Waals surface area contributed by atoms with Crippen molar-refractivity contribution in [2.75, 3.05) is 0 Å². The van der Waals surface area contributed by atoms with Crippen LogP contribution < -0.4 is 5.73 Å². The molecule has 0 aromatic carbocycles. The number of rotatable bonds is 2. The van der Waals surface area contributed by atoms with Gasteiger partial charge in [-0.3, -0.25) is 0 Å². The van der Waals surface area contributed by atoms with Crippen LogP contribution in [0.1, 0.15) is 16.8 Å². The zero-order valence-electron chi connectivity index (χ0n) is 6.38. The highest BCUT2D eigenvalue weighted by Gasteiger charge is 2.27. The van der Waals surface area contributed by atoms with Gasteiger partial charge in [0.05, 0.1) is 0 Å². The van der Waals surface area contributed by atoms with Crippen LogP contribution in [0.25, 0.3) is 0 Å². The second-order valence-electron chi connectivity index (χ2n) is 2.22. The molecule has 0 aliphatic carbocycles. The lowest BCUT2D eigenvalue weighted by Gasteiger charge is -2.03. The van der Waals surface area contributed by atoms with Crippen LogP contribution in [-0.2, 0) is 12.5 Å². The van der Waals surface area contributed by atoms with E-state index in [4.69, 9.17) is 5.73 Å². The minimum atomic E-state index is -2.84. The van der Waals surface area contributed by atoms with Gasteiger partial charge in [0.15, 0.2) is 5.01 Å². The SMILES string of the molecule is CC(F)(F)c1ncc(CN)s1.Cl. The molecule has 0 aliphatic rings. The molecule has 1 aromatic rings. The van der Waals surface area contributed by atoms with Crippen molar-refractivity contribution >= 4 is 23.7 Å². The Morgan fingerprint density at radius 1 is 1.67 bits per heavy atom. The van der Waals surface area contributed by atoms with E-state index in [1.54, 1.807) is 0 Å². The van der Waals surface area contributed by atoms with E-state index in [1.807, 2.05) is 0 Å². The lowest BCUT2D eigenvalue weighted by atomic mass is 10.4. The van der Waals surface area contributed by atoms with Crippen LogP contribution in [-0.4, -0.2) is 4.98 Å². The molecular formula is C6H9ClF2N2S. The topological polar surface area (TPSA) is 38.9 Å². The molecule has 1 heterocycles. The van der Waals surface area contributed by atoms with E-state index in [9.17, 15) is 8.78 Å². The van der Waals surface area contributed by atoms with Crippen molar-refractivity contribution in [1.29, 1.82) is 0 Å². The Morgan fingerprint density at radius 3 is 2.50 bits per heavy atom. The van der Waals surface area contributed by atoms with Crippen LogP contribution in [0.5, 0.6) is 0 Å². The number of hydrogen-bond acceptors (Lipinski definition) is 3. The average molecular weight is 215 g/mol. The normalized spacial score (nSPS) is 11.0. The van der Waals surface area contributed by atoms with Gasteiger partial charge in [0.2, 0.25) is 0 Å². The molecule has 0 aliphatic heterocycles. The molecule has 0 bridgehead atoms. The minimum absolute atomic E-state index is 0. The Morgan fingerprint density at radius 2 is 2.25 bits per heavy atom. The predicted molar refractivity (Wildman–Crippen MR) is 46.8 cm³/mol.